The Kier molecular flexibility index (Phi) is 4.71. The summed E-state index contributed by atoms with van der Waals surface area (Å²) in [6.07, 6.45) is -0.847. The molecular weight excluding hydrogens is 374 g/mol. The van der Waals surface area contributed by atoms with Crippen LogP contribution in [0.25, 0.3) is 10.9 Å². The van der Waals surface area contributed by atoms with Crippen LogP contribution in [0.4, 0.5) is 20.4 Å². The predicted octanol–water partition coefficient (Wildman–Crippen LogP) is 2.97. The van der Waals surface area contributed by atoms with Crippen LogP contribution in [0.1, 0.15) is 12.2 Å². The van der Waals surface area contributed by atoms with E-state index in [9.17, 15) is 8.78 Å². The second kappa shape index (κ2) is 7.51. The second-order valence-electron chi connectivity index (χ2n) is 7.49. The third-order valence-electron chi connectivity index (χ3n) is 5.76. The van der Waals surface area contributed by atoms with E-state index in [0.29, 0.717) is 17.4 Å². The minimum Gasteiger partial charge on any atom is -0.354 e. The SMILES string of the molecule is FC(F)c1nc(N2CC(N3CCN(c4ccccn4)CC3)C2)c2ccccc2n1. The van der Waals surface area contributed by atoms with Crippen LogP contribution in [0, 0.1) is 0 Å². The van der Waals surface area contributed by atoms with Crippen LogP contribution >= 0.6 is 0 Å². The van der Waals surface area contributed by atoms with Gasteiger partial charge in [0.2, 0.25) is 0 Å². The van der Waals surface area contributed by atoms with Crippen molar-refractivity contribution in [3.05, 3.63) is 54.5 Å². The van der Waals surface area contributed by atoms with Crippen LogP contribution in [-0.2, 0) is 0 Å². The largest absolute Gasteiger partial charge is 0.354 e. The number of para-hydroxylation sites is 1. The van der Waals surface area contributed by atoms with E-state index in [4.69, 9.17) is 0 Å². The summed E-state index contributed by atoms with van der Waals surface area (Å²) in [5, 5.41) is 0.829. The Morgan fingerprint density at radius 3 is 2.34 bits per heavy atom. The average molecular weight is 396 g/mol. The summed E-state index contributed by atoms with van der Waals surface area (Å²) in [5.41, 5.74) is 0.570. The molecule has 3 aromatic rings. The Hall–Kier alpha value is -2.87. The first-order valence-corrected chi connectivity index (χ1v) is 9.89. The van der Waals surface area contributed by atoms with Crippen molar-refractivity contribution in [2.75, 3.05) is 49.1 Å². The van der Waals surface area contributed by atoms with Gasteiger partial charge < -0.3 is 9.80 Å². The molecule has 150 valence electrons. The lowest BCUT2D eigenvalue weighted by atomic mass is 10.0. The monoisotopic (exact) mass is 396 g/mol. The number of hydrogen-bond donors (Lipinski definition) is 0. The van der Waals surface area contributed by atoms with Crippen LogP contribution in [0.2, 0.25) is 0 Å². The first kappa shape index (κ1) is 18.2. The maximum absolute atomic E-state index is 13.2. The van der Waals surface area contributed by atoms with E-state index in [-0.39, 0.29) is 0 Å². The van der Waals surface area contributed by atoms with Gasteiger partial charge in [-0.2, -0.15) is 0 Å². The Labute approximate surface area is 167 Å². The van der Waals surface area contributed by atoms with Gasteiger partial charge in [0.1, 0.15) is 11.6 Å². The maximum atomic E-state index is 13.2. The van der Waals surface area contributed by atoms with Gasteiger partial charge in [0.15, 0.2) is 5.82 Å². The third kappa shape index (κ3) is 3.48. The summed E-state index contributed by atoms with van der Waals surface area (Å²) in [6, 6.07) is 13.8. The number of alkyl halides is 2. The lowest BCUT2D eigenvalue weighted by molar-refractivity contribution is 0.140. The minimum atomic E-state index is -2.67. The van der Waals surface area contributed by atoms with Gasteiger partial charge in [0.05, 0.1) is 5.52 Å². The number of fused-ring (bicyclic) bond motifs is 1. The number of hydrogen-bond acceptors (Lipinski definition) is 6. The fraction of sp³-hybridized carbons (Fsp3) is 0.381. The summed E-state index contributed by atoms with van der Waals surface area (Å²) < 4.78 is 26.5. The topological polar surface area (TPSA) is 48.4 Å². The highest BCUT2D eigenvalue weighted by Crippen LogP contribution is 2.31. The molecule has 2 aliphatic rings. The number of pyridine rings is 1. The summed E-state index contributed by atoms with van der Waals surface area (Å²) in [5.74, 6) is 1.25. The summed E-state index contributed by atoms with van der Waals surface area (Å²) in [7, 11) is 0. The first-order chi connectivity index (χ1) is 14.2. The minimum absolute atomic E-state index is 0.397. The Morgan fingerprint density at radius 2 is 1.62 bits per heavy atom. The first-order valence-electron chi connectivity index (χ1n) is 9.89. The van der Waals surface area contributed by atoms with E-state index >= 15 is 0 Å². The fourth-order valence-corrected chi connectivity index (χ4v) is 4.13. The Bertz CT molecular complexity index is 985. The number of nitrogens with zero attached hydrogens (tertiary/aromatic N) is 6. The lowest BCUT2D eigenvalue weighted by Gasteiger charge is -2.49. The van der Waals surface area contributed by atoms with Crippen molar-refractivity contribution in [1.82, 2.24) is 19.9 Å². The van der Waals surface area contributed by atoms with Crippen LogP contribution in [0.5, 0.6) is 0 Å². The van der Waals surface area contributed by atoms with Gasteiger partial charge in [-0.05, 0) is 24.3 Å². The van der Waals surface area contributed by atoms with Crippen molar-refractivity contribution >= 4 is 22.5 Å². The molecule has 2 aromatic heterocycles. The number of anilines is 2. The number of piperazine rings is 1. The normalized spacial score (nSPS) is 18.4. The smallest absolute Gasteiger partial charge is 0.297 e. The second-order valence-corrected chi connectivity index (χ2v) is 7.49. The molecule has 6 nitrogen and oxygen atoms in total. The molecule has 5 rings (SSSR count). The summed E-state index contributed by atoms with van der Waals surface area (Å²) in [6.45, 7) is 5.43. The molecule has 0 bridgehead atoms. The third-order valence-corrected chi connectivity index (χ3v) is 5.76. The number of halogens is 2. The number of aromatic nitrogens is 3. The van der Waals surface area contributed by atoms with Gasteiger partial charge in [-0.1, -0.05) is 18.2 Å². The molecule has 4 heterocycles. The van der Waals surface area contributed by atoms with Crippen LogP contribution in [0.15, 0.2) is 48.7 Å². The molecule has 0 amide bonds. The standard InChI is InChI=1S/C21H22F2N6/c22-19(23)20-25-17-6-2-1-5-16(17)21(26-20)29-13-15(14-29)27-9-11-28(12-10-27)18-7-3-4-8-24-18/h1-8,15,19H,9-14H2. The quantitative estimate of drug-likeness (QED) is 0.676. The van der Waals surface area contributed by atoms with Gasteiger partial charge in [-0.15, -0.1) is 0 Å². The zero-order valence-electron chi connectivity index (χ0n) is 16.0. The molecule has 0 unspecified atom stereocenters. The van der Waals surface area contributed by atoms with Crippen molar-refractivity contribution in [2.45, 2.75) is 12.5 Å². The summed E-state index contributed by atoms with van der Waals surface area (Å²) in [4.78, 5) is 19.5. The van der Waals surface area contributed by atoms with Crippen molar-refractivity contribution in [1.29, 1.82) is 0 Å². The maximum Gasteiger partial charge on any atom is 0.297 e. The molecule has 1 aromatic carbocycles. The molecule has 0 N–H and O–H groups in total. The highest BCUT2D eigenvalue weighted by molar-refractivity contribution is 5.89. The van der Waals surface area contributed by atoms with Crippen molar-refractivity contribution in [2.24, 2.45) is 0 Å². The van der Waals surface area contributed by atoms with Crippen LogP contribution < -0.4 is 9.80 Å². The Morgan fingerprint density at radius 1 is 0.862 bits per heavy atom. The van der Waals surface area contributed by atoms with E-state index < -0.39 is 12.2 Å². The van der Waals surface area contributed by atoms with Gasteiger partial charge in [0, 0.05) is 56.9 Å². The molecule has 2 saturated heterocycles. The van der Waals surface area contributed by atoms with Gasteiger partial charge in [-0.3, -0.25) is 4.90 Å². The molecule has 2 aliphatic heterocycles. The Balaban J connectivity index is 1.26. The fourth-order valence-electron chi connectivity index (χ4n) is 4.13. The number of rotatable bonds is 4. The summed E-state index contributed by atoms with van der Waals surface area (Å²) >= 11 is 0. The van der Waals surface area contributed by atoms with Crippen molar-refractivity contribution in [3.63, 3.8) is 0 Å². The molecule has 0 radical (unpaired) electrons. The van der Waals surface area contributed by atoms with E-state index in [2.05, 4.69) is 29.7 Å². The zero-order valence-corrected chi connectivity index (χ0v) is 16.0. The molecule has 29 heavy (non-hydrogen) atoms. The molecular formula is C21H22F2N6. The molecule has 0 aliphatic carbocycles. The van der Waals surface area contributed by atoms with Crippen LogP contribution in [-0.4, -0.2) is 65.2 Å². The predicted molar refractivity (Wildman–Crippen MR) is 109 cm³/mol. The molecule has 0 spiro atoms. The average Bonchev–Trinajstić information content (AvgIpc) is 2.73. The van der Waals surface area contributed by atoms with Crippen LogP contribution in [0.3, 0.4) is 0 Å². The highest BCUT2D eigenvalue weighted by atomic mass is 19.3. The van der Waals surface area contributed by atoms with E-state index in [0.717, 1.165) is 50.5 Å². The van der Waals surface area contributed by atoms with Gasteiger partial charge >= 0.3 is 0 Å². The van der Waals surface area contributed by atoms with Gasteiger partial charge in [0.25, 0.3) is 6.43 Å². The van der Waals surface area contributed by atoms with Crippen molar-refractivity contribution < 1.29 is 8.78 Å². The highest BCUT2D eigenvalue weighted by Gasteiger charge is 2.35. The number of benzene rings is 1. The molecule has 0 saturated carbocycles. The lowest BCUT2D eigenvalue weighted by Crippen LogP contribution is -2.63. The molecule has 8 heteroatoms. The molecule has 0 atom stereocenters. The van der Waals surface area contributed by atoms with E-state index in [1.807, 2.05) is 42.6 Å². The molecule has 2 fully saturated rings. The van der Waals surface area contributed by atoms with Crippen molar-refractivity contribution in [3.8, 4) is 0 Å². The van der Waals surface area contributed by atoms with E-state index in [1.165, 1.54) is 0 Å². The van der Waals surface area contributed by atoms with E-state index in [1.54, 1.807) is 6.07 Å². The van der Waals surface area contributed by atoms with Gasteiger partial charge in [-0.25, -0.2) is 23.7 Å². The zero-order chi connectivity index (χ0) is 19.8.